The van der Waals surface area contributed by atoms with Crippen molar-refractivity contribution in [3.63, 3.8) is 0 Å². The van der Waals surface area contributed by atoms with E-state index in [-0.39, 0.29) is 18.5 Å². The zero-order valence-corrected chi connectivity index (χ0v) is 10.8. The van der Waals surface area contributed by atoms with Crippen LogP contribution in [-0.2, 0) is 9.53 Å². The smallest absolute Gasteiger partial charge is 0.407 e. The number of piperidine rings is 1. The minimum Gasteiger partial charge on any atom is -0.453 e. The number of methoxy groups -OCH3 is 1. The van der Waals surface area contributed by atoms with E-state index < -0.39 is 18.1 Å². The van der Waals surface area contributed by atoms with Crippen molar-refractivity contribution in [1.29, 1.82) is 0 Å². The summed E-state index contributed by atoms with van der Waals surface area (Å²) in [6.45, 7) is 2.96. The van der Waals surface area contributed by atoms with Gasteiger partial charge in [0.05, 0.1) is 19.8 Å². The number of carbonyl (C=O) groups excluding carboxylic acids is 2. The molecule has 104 valence electrons. The molecule has 0 aromatic heterocycles. The fraction of sp³-hybridized carbons (Fsp3) is 0.818. The van der Waals surface area contributed by atoms with E-state index in [1.54, 1.807) is 6.92 Å². The fourth-order valence-electron chi connectivity index (χ4n) is 2.26. The van der Waals surface area contributed by atoms with Crippen molar-refractivity contribution >= 4 is 12.0 Å². The largest absolute Gasteiger partial charge is 0.453 e. The predicted molar refractivity (Wildman–Crippen MR) is 64.8 cm³/mol. The van der Waals surface area contributed by atoms with E-state index >= 15 is 0 Å². The topological polar surface area (TPSA) is 105 Å². The number of alkyl carbamates (subject to hydrolysis) is 1. The Morgan fingerprint density at radius 2 is 2.22 bits per heavy atom. The first-order valence-corrected chi connectivity index (χ1v) is 5.95. The van der Waals surface area contributed by atoms with Gasteiger partial charge in [-0.25, -0.2) is 4.79 Å². The third kappa shape index (κ3) is 4.50. The number of rotatable bonds is 4. The second-order valence-corrected chi connectivity index (χ2v) is 4.73. The van der Waals surface area contributed by atoms with Gasteiger partial charge < -0.3 is 20.9 Å². The molecule has 3 atom stereocenters. The highest BCUT2D eigenvalue weighted by Gasteiger charge is 2.31. The molecule has 7 heteroatoms. The Labute approximate surface area is 106 Å². The summed E-state index contributed by atoms with van der Waals surface area (Å²) in [6, 6.07) is -0.148. The van der Waals surface area contributed by atoms with Gasteiger partial charge in [0.15, 0.2) is 0 Å². The van der Waals surface area contributed by atoms with Crippen LogP contribution in [0, 0.1) is 5.92 Å². The Morgan fingerprint density at radius 1 is 1.56 bits per heavy atom. The molecule has 1 heterocycles. The van der Waals surface area contributed by atoms with Gasteiger partial charge in [0.1, 0.15) is 0 Å². The van der Waals surface area contributed by atoms with Crippen LogP contribution in [0.2, 0.25) is 0 Å². The molecule has 2 amide bonds. The number of primary amides is 1. The maximum atomic E-state index is 11.2. The maximum Gasteiger partial charge on any atom is 0.407 e. The van der Waals surface area contributed by atoms with E-state index in [2.05, 4.69) is 10.1 Å². The minimum atomic E-state index is -0.509. The number of carbonyl (C=O) groups is 2. The molecule has 0 spiro atoms. The summed E-state index contributed by atoms with van der Waals surface area (Å²) in [5.41, 5.74) is 5.16. The van der Waals surface area contributed by atoms with Gasteiger partial charge in [-0.3, -0.25) is 9.69 Å². The first-order valence-electron chi connectivity index (χ1n) is 5.95. The molecule has 3 unspecified atom stereocenters. The Bertz CT molecular complexity index is 309. The van der Waals surface area contributed by atoms with Gasteiger partial charge in [-0.05, 0) is 19.3 Å². The molecule has 1 aliphatic heterocycles. The SMILES string of the molecule is COC(=O)NC1CC(C(C)O)CN(CC(N)=O)C1. The van der Waals surface area contributed by atoms with Crippen molar-refractivity contribution in [3.8, 4) is 0 Å². The number of likely N-dealkylation sites (tertiary alicyclic amines) is 1. The van der Waals surface area contributed by atoms with Crippen molar-refractivity contribution in [3.05, 3.63) is 0 Å². The minimum absolute atomic E-state index is 0.000237. The zero-order chi connectivity index (χ0) is 13.7. The second kappa shape index (κ2) is 6.55. The molecule has 18 heavy (non-hydrogen) atoms. The number of nitrogens with zero attached hydrogens (tertiary/aromatic N) is 1. The molecule has 1 rings (SSSR count). The number of nitrogens with one attached hydrogen (secondary N) is 1. The van der Waals surface area contributed by atoms with Gasteiger partial charge in [-0.2, -0.15) is 0 Å². The zero-order valence-electron chi connectivity index (χ0n) is 10.8. The van der Waals surface area contributed by atoms with Crippen LogP contribution in [0.25, 0.3) is 0 Å². The number of ether oxygens (including phenoxy) is 1. The quantitative estimate of drug-likeness (QED) is 0.594. The predicted octanol–water partition coefficient (Wildman–Crippen LogP) is -1.10. The fourth-order valence-corrected chi connectivity index (χ4v) is 2.26. The summed E-state index contributed by atoms with van der Waals surface area (Å²) in [5, 5.41) is 12.3. The summed E-state index contributed by atoms with van der Waals surface area (Å²) >= 11 is 0. The van der Waals surface area contributed by atoms with E-state index in [0.29, 0.717) is 19.5 Å². The lowest BCUT2D eigenvalue weighted by Crippen LogP contribution is -2.54. The van der Waals surface area contributed by atoms with Crippen LogP contribution in [-0.4, -0.2) is 60.9 Å². The second-order valence-electron chi connectivity index (χ2n) is 4.73. The van der Waals surface area contributed by atoms with E-state index in [1.807, 2.05) is 4.90 Å². The lowest BCUT2D eigenvalue weighted by atomic mass is 9.90. The number of nitrogens with two attached hydrogens (primary N) is 1. The summed E-state index contributed by atoms with van der Waals surface area (Å²) < 4.78 is 4.54. The molecule has 0 radical (unpaired) electrons. The molecule has 0 aromatic rings. The van der Waals surface area contributed by atoms with E-state index in [0.717, 1.165) is 0 Å². The number of hydrogen-bond donors (Lipinski definition) is 3. The highest BCUT2D eigenvalue weighted by molar-refractivity contribution is 5.76. The van der Waals surface area contributed by atoms with Crippen molar-refractivity contribution in [2.24, 2.45) is 11.7 Å². The van der Waals surface area contributed by atoms with Crippen LogP contribution in [0.3, 0.4) is 0 Å². The molecule has 1 fully saturated rings. The van der Waals surface area contributed by atoms with Gasteiger partial charge in [-0.15, -0.1) is 0 Å². The molecule has 4 N–H and O–H groups in total. The summed E-state index contributed by atoms with van der Waals surface area (Å²) in [6.07, 6.45) is -0.352. The standard InChI is InChI=1S/C11H21N3O4/c1-7(15)8-3-9(13-11(17)18-2)5-14(4-8)6-10(12)16/h7-9,15H,3-6H2,1-2H3,(H2,12,16)(H,13,17). The molecular weight excluding hydrogens is 238 g/mol. The lowest BCUT2D eigenvalue weighted by molar-refractivity contribution is -0.119. The number of aliphatic hydroxyl groups is 1. The van der Waals surface area contributed by atoms with Gasteiger partial charge in [0.25, 0.3) is 0 Å². The molecule has 1 saturated heterocycles. The van der Waals surface area contributed by atoms with Crippen LogP contribution in [0.5, 0.6) is 0 Å². The van der Waals surface area contributed by atoms with Crippen molar-refractivity contribution < 1.29 is 19.4 Å². The Balaban J connectivity index is 2.61. The molecule has 0 saturated carbocycles. The normalized spacial score (nSPS) is 26.4. The third-order valence-corrected chi connectivity index (χ3v) is 3.13. The van der Waals surface area contributed by atoms with Crippen LogP contribution in [0.4, 0.5) is 4.79 Å². The number of hydrogen-bond acceptors (Lipinski definition) is 5. The molecule has 0 bridgehead atoms. The maximum absolute atomic E-state index is 11.2. The van der Waals surface area contributed by atoms with Crippen molar-refractivity contribution in [2.75, 3.05) is 26.7 Å². The van der Waals surface area contributed by atoms with E-state index in [1.165, 1.54) is 7.11 Å². The Kier molecular flexibility index (Phi) is 5.36. The van der Waals surface area contributed by atoms with Crippen LogP contribution in [0.15, 0.2) is 0 Å². The average molecular weight is 259 g/mol. The van der Waals surface area contributed by atoms with Crippen LogP contribution < -0.4 is 11.1 Å². The van der Waals surface area contributed by atoms with Gasteiger partial charge in [0.2, 0.25) is 5.91 Å². The van der Waals surface area contributed by atoms with Gasteiger partial charge in [-0.1, -0.05) is 0 Å². The summed E-state index contributed by atoms with van der Waals surface area (Å²) in [7, 11) is 1.30. The van der Waals surface area contributed by atoms with E-state index in [9.17, 15) is 14.7 Å². The van der Waals surface area contributed by atoms with Crippen molar-refractivity contribution in [1.82, 2.24) is 10.2 Å². The van der Waals surface area contributed by atoms with Crippen molar-refractivity contribution in [2.45, 2.75) is 25.5 Å². The highest BCUT2D eigenvalue weighted by atomic mass is 16.5. The van der Waals surface area contributed by atoms with Gasteiger partial charge >= 0.3 is 6.09 Å². The average Bonchev–Trinajstić information content (AvgIpc) is 2.27. The molecular formula is C11H21N3O4. The monoisotopic (exact) mass is 259 g/mol. The van der Waals surface area contributed by atoms with Crippen LogP contribution in [0.1, 0.15) is 13.3 Å². The summed E-state index contributed by atoms with van der Waals surface area (Å²) in [4.78, 5) is 24.0. The van der Waals surface area contributed by atoms with E-state index in [4.69, 9.17) is 5.73 Å². The first kappa shape index (κ1) is 14.7. The van der Waals surface area contributed by atoms with Gasteiger partial charge in [0, 0.05) is 19.1 Å². The lowest BCUT2D eigenvalue weighted by Gasteiger charge is -2.38. The Hall–Kier alpha value is -1.34. The Morgan fingerprint density at radius 3 is 2.72 bits per heavy atom. The summed E-state index contributed by atoms with van der Waals surface area (Å²) in [5.74, 6) is -0.418. The third-order valence-electron chi connectivity index (χ3n) is 3.13. The number of aliphatic hydroxyl groups excluding tert-OH is 1. The first-order chi connectivity index (χ1) is 8.42. The van der Waals surface area contributed by atoms with Crippen LogP contribution >= 0.6 is 0 Å². The molecule has 7 nitrogen and oxygen atoms in total. The molecule has 0 aliphatic carbocycles. The molecule has 1 aliphatic rings. The highest BCUT2D eigenvalue weighted by Crippen LogP contribution is 2.20. The number of amides is 2. The molecule has 0 aromatic carbocycles.